The molecule has 0 fully saturated rings. The molecule has 0 amide bonds. The van der Waals surface area contributed by atoms with Crippen LogP contribution in [0, 0.1) is 0 Å². The molecule has 0 saturated heterocycles. The first-order chi connectivity index (χ1) is 7.25. The molecule has 0 atom stereocenters. The molecule has 0 N–H and O–H groups in total. The fourth-order valence-electron chi connectivity index (χ4n) is 0.769. The summed E-state index contributed by atoms with van der Waals surface area (Å²) in [6.45, 7) is 11.6. The van der Waals surface area contributed by atoms with Gasteiger partial charge in [0.05, 0.1) is 6.21 Å². The van der Waals surface area contributed by atoms with Crippen molar-refractivity contribution >= 4 is 19.7 Å². The second-order valence-corrected chi connectivity index (χ2v) is 2.03. The second kappa shape index (κ2) is 10.8. The molecule has 0 aliphatic heterocycles. The third kappa shape index (κ3) is 5.89. The maximum Gasteiger partial charge on any atom is 0.154 e. The topological polar surface area (TPSA) is 30.2 Å². The number of rotatable bonds is 2. The van der Waals surface area contributed by atoms with Crippen LogP contribution in [0.25, 0.3) is 5.60 Å². The van der Waals surface area contributed by atoms with E-state index in [2.05, 4.69) is 16.6 Å². The molecule has 1 heterocycles. The summed E-state index contributed by atoms with van der Waals surface area (Å²) in [6, 6.07) is 0. The van der Waals surface area contributed by atoms with E-state index in [0.29, 0.717) is 11.4 Å². The van der Waals surface area contributed by atoms with E-state index in [0.717, 1.165) is 0 Å². The average Bonchev–Trinajstić information content (AvgIpc) is 2.73. The van der Waals surface area contributed by atoms with Gasteiger partial charge in [0.1, 0.15) is 7.85 Å². The van der Waals surface area contributed by atoms with Crippen molar-refractivity contribution in [1.29, 1.82) is 0 Å². The number of imidazole rings is 1. The van der Waals surface area contributed by atoms with Gasteiger partial charge in [0.25, 0.3) is 0 Å². The molecule has 0 aromatic carbocycles. The summed E-state index contributed by atoms with van der Waals surface area (Å²) >= 11 is 0. The van der Waals surface area contributed by atoms with Gasteiger partial charge >= 0.3 is 0 Å². The van der Waals surface area contributed by atoms with Gasteiger partial charge in [-0.05, 0) is 5.60 Å². The molecule has 15 heavy (non-hydrogen) atoms. The molecule has 1 rings (SSSR count). The number of hydrogen-bond acceptors (Lipinski definition) is 2. The largest absolute Gasteiger partial charge is 0.314 e. The monoisotopic (exact) mass is 205 g/mol. The molecule has 0 aliphatic carbocycles. The van der Waals surface area contributed by atoms with Crippen LogP contribution < -0.4 is 0 Å². The average molecular weight is 205 g/mol. The summed E-state index contributed by atoms with van der Waals surface area (Å²) in [5.41, 5.74) is 0.442. The van der Waals surface area contributed by atoms with Gasteiger partial charge in [-0.1, -0.05) is 34.3 Å². The third-order valence-corrected chi connectivity index (χ3v) is 1.22. The van der Waals surface area contributed by atoms with E-state index < -0.39 is 0 Å². The summed E-state index contributed by atoms with van der Waals surface area (Å²) in [5.74, 6) is 0.694. The first kappa shape index (κ1) is 16.1. The normalized spacial score (nSPS) is 8.60. The summed E-state index contributed by atoms with van der Waals surface area (Å²) in [7, 11) is 7.13. The lowest BCUT2D eigenvalue weighted by Gasteiger charge is -2.01. The highest BCUT2D eigenvalue weighted by Gasteiger charge is 1.97. The van der Waals surface area contributed by atoms with Crippen LogP contribution in [-0.2, 0) is 0 Å². The van der Waals surface area contributed by atoms with Crippen LogP contribution in [0.2, 0.25) is 0 Å². The minimum absolute atomic E-state index is 0.442. The van der Waals surface area contributed by atoms with Crippen molar-refractivity contribution < 1.29 is 0 Å². The predicted octanol–water partition coefficient (Wildman–Crippen LogP) is 2.58. The number of aliphatic imine (C=N–C) groups is 1. The van der Waals surface area contributed by atoms with Crippen LogP contribution >= 0.6 is 0 Å². The Kier molecular flexibility index (Phi) is 11.6. The van der Waals surface area contributed by atoms with Gasteiger partial charge in [-0.15, -0.1) is 0 Å². The van der Waals surface area contributed by atoms with Crippen LogP contribution in [0.3, 0.4) is 0 Å². The predicted molar refractivity (Wildman–Crippen MR) is 69.5 cm³/mol. The molecule has 4 heteroatoms. The van der Waals surface area contributed by atoms with E-state index in [9.17, 15) is 0 Å². The molecule has 0 bridgehead atoms. The van der Waals surface area contributed by atoms with Crippen molar-refractivity contribution in [2.45, 2.75) is 27.7 Å². The van der Waals surface area contributed by atoms with Crippen LogP contribution in [0.1, 0.15) is 33.5 Å². The van der Waals surface area contributed by atoms with E-state index in [-0.39, 0.29) is 0 Å². The Balaban J connectivity index is 0. The second-order valence-electron chi connectivity index (χ2n) is 2.03. The third-order valence-electron chi connectivity index (χ3n) is 1.22. The van der Waals surface area contributed by atoms with E-state index in [1.807, 2.05) is 27.7 Å². The van der Waals surface area contributed by atoms with Gasteiger partial charge in [0.2, 0.25) is 0 Å². The molecular weight excluding hydrogens is 185 g/mol. The number of aromatic nitrogens is 2. The highest BCUT2D eigenvalue weighted by atomic mass is 15.1. The first-order valence-corrected chi connectivity index (χ1v) is 5.16. The Morgan fingerprint density at radius 1 is 1.47 bits per heavy atom. The van der Waals surface area contributed by atoms with Crippen molar-refractivity contribution in [1.82, 2.24) is 9.55 Å². The van der Waals surface area contributed by atoms with Crippen LogP contribution in [0.15, 0.2) is 24.0 Å². The molecular formula is C11H20BN3. The van der Waals surface area contributed by atoms with E-state index in [1.165, 1.54) is 0 Å². The minimum Gasteiger partial charge on any atom is -0.314 e. The summed E-state index contributed by atoms with van der Waals surface area (Å²) in [5, 5.41) is 0. The van der Waals surface area contributed by atoms with Crippen molar-refractivity contribution in [3.05, 3.63) is 24.8 Å². The Hall–Kier alpha value is -1.32. The van der Waals surface area contributed by atoms with Gasteiger partial charge in [0, 0.05) is 19.4 Å². The van der Waals surface area contributed by atoms with Gasteiger partial charge < -0.3 is 4.57 Å². The molecule has 0 unspecified atom stereocenters. The van der Waals surface area contributed by atoms with Gasteiger partial charge in [-0.3, -0.25) is 4.99 Å². The molecule has 3 nitrogen and oxygen atoms in total. The van der Waals surface area contributed by atoms with Crippen LogP contribution in [0.5, 0.6) is 0 Å². The molecule has 0 aliphatic rings. The first-order valence-electron chi connectivity index (χ1n) is 5.16. The van der Waals surface area contributed by atoms with Gasteiger partial charge in [-0.25, -0.2) is 4.98 Å². The SMILES string of the molecule is CC.CC.[B]C(=C)n1ccnc1C=NC. The zero-order valence-electron chi connectivity index (χ0n) is 10.4. The summed E-state index contributed by atoms with van der Waals surface area (Å²) in [6.07, 6.45) is 5.01. The van der Waals surface area contributed by atoms with Crippen LogP contribution in [0.4, 0.5) is 0 Å². The molecule has 1 aromatic rings. The Labute approximate surface area is 94.4 Å². The standard InChI is InChI=1S/C7H8BN3.2C2H6/c1-6(8)11-4-3-10-7(11)5-9-2;2*1-2/h3-5H,1H2,2H3;2*1-2H3. The fraction of sp³-hybridized carbons (Fsp3) is 0.455. The lowest BCUT2D eigenvalue weighted by Crippen LogP contribution is -1.99. The van der Waals surface area contributed by atoms with Gasteiger partial charge in [-0.2, -0.15) is 0 Å². The van der Waals surface area contributed by atoms with E-state index in [1.54, 1.807) is 30.2 Å². The number of hydrogen-bond donors (Lipinski definition) is 0. The Morgan fingerprint density at radius 2 is 2.00 bits per heavy atom. The summed E-state index contributed by atoms with van der Waals surface area (Å²) < 4.78 is 1.66. The van der Waals surface area contributed by atoms with E-state index >= 15 is 0 Å². The molecule has 2 radical (unpaired) electrons. The molecule has 82 valence electrons. The minimum atomic E-state index is 0.442. The van der Waals surface area contributed by atoms with Crippen molar-refractivity contribution in [3.8, 4) is 0 Å². The number of nitrogens with zero attached hydrogens (tertiary/aromatic N) is 3. The maximum atomic E-state index is 5.46. The Morgan fingerprint density at radius 3 is 2.40 bits per heavy atom. The Bertz CT molecular complexity index is 290. The zero-order chi connectivity index (χ0) is 12.3. The quantitative estimate of drug-likeness (QED) is 0.539. The van der Waals surface area contributed by atoms with Gasteiger partial charge in [0.15, 0.2) is 5.82 Å². The van der Waals surface area contributed by atoms with Crippen molar-refractivity contribution in [3.63, 3.8) is 0 Å². The smallest absolute Gasteiger partial charge is 0.154 e. The zero-order valence-corrected chi connectivity index (χ0v) is 10.4. The van der Waals surface area contributed by atoms with E-state index in [4.69, 9.17) is 7.85 Å². The summed E-state index contributed by atoms with van der Waals surface area (Å²) in [4.78, 5) is 7.82. The molecule has 1 aromatic heterocycles. The lowest BCUT2D eigenvalue weighted by molar-refractivity contribution is 1.10. The fourth-order valence-corrected chi connectivity index (χ4v) is 0.769. The lowest BCUT2D eigenvalue weighted by atomic mass is 10.1. The highest BCUT2D eigenvalue weighted by molar-refractivity contribution is 6.37. The maximum absolute atomic E-state index is 5.46. The van der Waals surface area contributed by atoms with Crippen molar-refractivity contribution in [2.75, 3.05) is 7.05 Å². The van der Waals surface area contributed by atoms with Crippen molar-refractivity contribution in [2.24, 2.45) is 4.99 Å². The highest BCUT2D eigenvalue weighted by Crippen LogP contribution is 1.99. The molecule has 0 saturated carbocycles. The van der Waals surface area contributed by atoms with Crippen LogP contribution in [-0.4, -0.2) is 30.7 Å². The molecule has 0 spiro atoms.